The van der Waals surface area contributed by atoms with Crippen molar-refractivity contribution < 1.29 is 32.2 Å². The van der Waals surface area contributed by atoms with E-state index in [4.69, 9.17) is 9.84 Å². The molecule has 10 heteroatoms. The smallest absolute Gasteiger partial charge is 0.335 e. The predicted octanol–water partition coefficient (Wildman–Crippen LogP) is 3.39. The number of aryl methyl sites for hydroxylation is 1. The van der Waals surface area contributed by atoms with Gasteiger partial charge in [-0.25, -0.2) is 17.6 Å². The van der Waals surface area contributed by atoms with Gasteiger partial charge in [0, 0.05) is 12.1 Å². The lowest BCUT2D eigenvalue weighted by Crippen LogP contribution is -2.38. The van der Waals surface area contributed by atoms with E-state index in [2.05, 4.69) is 5.32 Å². The molecule has 35 heavy (non-hydrogen) atoms. The van der Waals surface area contributed by atoms with Gasteiger partial charge in [-0.15, -0.1) is 0 Å². The number of carbonyl (C=O) groups excluding carboxylic acids is 1. The Kier molecular flexibility index (Phi) is 6.74. The van der Waals surface area contributed by atoms with Crippen molar-refractivity contribution in [2.75, 3.05) is 24.0 Å². The Balaban J connectivity index is 1.52. The van der Waals surface area contributed by atoms with E-state index < -0.39 is 27.7 Å². The van der Waals surface area contributed by atoms with E-state index in [-0.39, 0.29) is 34.9 Å². The fraction of sp³-hybridized carbons (Fsp3) is 0.200. The van der Waals surface area contributed by atoms with Gasteiger partial charge in [-0.1, -0.05) is 18.2 Å². The fourth-order valence-electron chi connectivity index (χ4n) is 3.79. The highest BCUT2D eigenvalue weighted by molar-refractivity contribution is 7.92. The van der Waals surface area contributed by atoms with Crippen LogP contribution in [-0.2, 0) is 16.4 Å². The van der Waals surface area contributed by atoms with Crippen LogP contribution >= 0.6 is 0 Å². The van der Waals surface area contributed by atoms with Crippen LogP contribution in [0, 0.1) is 12.7 Å². The van der Waals surface area contributed by atoms with E-state index in [0.29, 0.717) is 24.3 Å². The number of nitrogens with zero attached hydrogens (tertiary/aromatic N) is 1. The summed E-state index contributed by atoms with van der Waals surface area (Å²) >= 11 is 0. The SMILES string of the molecule is Cc1ccc(F)cc1S(=O)(=O)N1CCOc2ccc(C(=O)NCCc3ccc(C(=O)O)cc3)cc21. The summed E-state index contributed by atoms with van der Waals surface area (Å²) in [5.74, 6) is -1.76. The molecule has 0 atom stereocenters. The third kappa shape index (κ3) is 5.12. The Hall–Kier alpha value is -3.92. The van der Waals surface area contributed by atoms with Gasteiger partial charge in [0.2, 0.25) is 0 Å². The molecular weight excluding hydrogens is 475 g/mol. The molecule has 8 nitrogen and oxygen atoms in total. The minimum atomic E-state index is -4.09. The van der Waals surface area contributed by atoms with Crippen molar-refractivity contribution in [2.45, 2.75) is 18.2 Å². The lowest BCUT2D eigenvalue weighted by Gasteiger charge is -2.31. The summed E-state index contributed by atoms with van der Waals surface area (Å²) in [6.45, 7) is 2.02. The molecule has 0 saturated heterocycles. The topological polar surface area (TPSA) is 113 Å². The molecule has 1 aliphatic rings. The summed E-state index contributed by atoms with van der Waals surface area (Å²) in [5.41, 5.74) is 1.90. The molecule has 0 fully saturated rings. The molecule has 0 saturated carbocycles. The second-order valence-electron chi connectivity index (χ2n) is 8.03. The maximum atomic E-state index is 13.8. The number of fused-ring (bicyclic) bond motifs is 1. The summed E-state index contributed by atoms with van der Waals surface area (Å²) in [7, 11) is -4.09. The van der Waals surface area contributed by atoms with Crippen molar-refractivity contribution in [3.05, 3.63) is 88.7 Å². The molecule has 2 N–H and O–H groups in total. The van der Waals surface area contributed by atoms with Crippen molar-refractivity contribution in [3.8, 4) is 5.75 Å². The third-order valence-electron chi connectivity index (χ3n) is 5.66. The molecule has 4 rings (SSSR count). The summed E-state index contributed by atoms with van der Waals surface area (Å²) in [4.78, 5) is 23.5. The first-order valence-corrected chi connectivity index (χ1v) is 12.3. The average molecular weight is 499 g/mol. The zero-order chi connectivity index (χ0) is 25.2. The maximum absolute atomic E-state index is 13.8. The first-order chi connectivity index (χ1) is 16.7. The first-order valence-electron chi connectivity index (χ1n) is 10.8. The van der Waals surface area contributed by atoms with Crippen molar-refractivity contribution in [2.24, 2.45) is 0 Å². The number of benzene rings is 3. The maximum Gasteiger partial charge on any atom is 0.335 e. The predicted molar refractivity (Wildman–Crippen MR) is 127 cm³/mol. The monoisotopic (exact) mass is 498 g/mol. The van der Waals surface area contributed by atoms with Gasteiger partial charge >= 0.3 is 5.97 Å². The number of aromatic carboxylic acids is 1. The van der Waals surface area contributed by atoms with E-state index in [0.717, 1.165) is 15.9 Å². The van der Waals surface area contributed by atoms with E-state index in [1.54, 1.807) is 25.1 Å². The van der Waals surface area contributed by atoms with E-state index >= 15 is 0 Å². The number of ether oxygens (including phenoxy) is 1. The molecule has 0 spiro atoms. The molecular formula is C25H23FN2O6S. The molecule has 0 aromatic heterocycles. The highest BCUT2D eigenvalue weighted by atomic mass is 32.2. The molecule has 0 radical (unpaired) electrons. The van der Waals surface area contributed by atoms with Gasteiger partial charge in [-0.05, 0) is 66.9 Å². The van der Waals surface area contributed by atoms with Crippen LogP contribution in [0.5, 0.6) is 5.75 Å². The number of anilines is 1. The van der Waals surface area contributed by atoms with Crippen LogP contribution in [0.1, 0.15) is 31.8 Å². The Labute approximate surface area is 202 Å². The standard InChI is InChI=1S/C25H23FN2O6S/c1-16-2-8-20(26)15-23(16)35(32,33)28-12-13-34-22-9-7-19(14-21(22)28)24(29)27-11-10-17-3-5-18(6-4-17)25(30)31/h2-9,14-15H,10-13H2,1H3,(H,27,29)(H,30,31). The summed E-state index contributed by atoms with van der Waals surface area (Å²) in [6.07, 6.45) is 0.485. The molecule has 182 valence electrons. The van der Waals surface area contributed by atoms with Crippen LogP contribution in [-0.4, -0.2) is 45.1 Å². The Morgan fingerprint density at radius 2 is 1.77 bits per heavy atom. The number of hydrogen-bond donors (Lipinski definition) is 2. The number of carboxylic acid groups (broad SMARTS) is 1. The van der Waals surface area contributed by atoms with Crippen LogP contribution in [0.25, 0.3) is 0 Å². The van der Waals surface area contributed by atoms with Gasteiger partial charge in [-0.3, -0.25) is 9.10 Å². The Morgan fingerprint density at radius 1 is 1.06 bits per heavy atom. The van der Waals surface area contributed by atoms with Crippen molar-refractivity contribution >= 4 is 27.6 Å². The number of nitrogens with one attached hydrogen (secondary N) is 1. The lowest BCUT2D eigenvalue weighted by atomic mass is 10.1. The van der Waals surface area contributed by atoms with Gasteiger partial charge in [0.15, 0.2) is 0 Å². The van der Waals surface area contributed by atoms with E-state index in [1.165, 1.54) is 36.4 Å². The van der Waals surface area contributed by atoms with Crippen molar-refractivity contribution in [3.63, 3.8) is 0 Å². The zero-order valence-corrected chi connectivity index (χ0v) is 19.6. The fourth-order valence-corrected chi connectivity index (χ4v) is 5.48. The molecule has 0 unspecified atom stereocenters. The molecule has 1 amide bonds. The number of carbonyl (C=O) groups is 2. The van der Waals surface area contributed by atoms with Gasteiger partial charge in [0.25, 0.3) is 15.9 Å². The van der Waals surface area contributed by atoms with E-state index in [1.807, 2.05) is 0 Å². The van der Waals surface area contributed by atoms with Gasteiger partial charge < -0.3 is 15.2 Å². The summed E-state index contributed by atoms with van der Waals surface area (Å²) in [5, 5.41) is 11.8. The van der Waals surface area contributed by atoms with Crippen LogP contribution in [0.3, 0.4) is 0 Å². The van der Waals surface area contributed by atoms with Crippen molar-refractivity contribution in [1.29, 1.82) is 0 Å². The third-order valence-corrected chi connectivity index (χ3v) is 7.62. The van der Waals surface area contributed by atoms with E-state index in [9.17, 15) is 22.4 Å². The average Bonchev–Trinajstić information content (AvgIpc) is 2.85. The first kappa shape index (κ1) is 24.2. The number of carboxylic acids is 1. The van der Waals surface area contributed by atoms with Gasteiger partial charge in [-0.2, -0.15) is 0 Å². The van der Waals surface area contributed by atoms with Gasteiger partial charge in [0.05, 0.1) is 22.7 Å². The molecule has 1 aliphatic heterocycles. The summed E-state index contributed by atoms with van der Waals surface area (Å²) < 4.78 is 47.3. The number of rotatable bonds is 7. The molecule has 1 heterocycles. The van der Waals surface area contributed by atoms with Crippen LogP contribution in [0.2, 0.25) is 0 Å². The number of hydrogen-bond acceptors (Lipinski definition) is 5. The molecule has 3 aromatic carbocycles. The molecule has 3 aromatic rings. The molecule has 0 aliphatic carbocycles. The molecule has 0 bridgehead atoms. The van der Waals surface area contributed by atoms with Crippen LogP contribution in [0.4, 0.5) is 10.1 Å². The highest BCUT2D eigenvalue weighted by Gasteiger charge is 2.32. The summed E-state index contributed by atoms with van der Waals surface area (Å²) in [6, 6.07) is 14.5. The second-order valence-corrected chi connectivity index (χ2v) is 9.86. The highest BCUT2D eigenvalue weighted by Crippen LogP contribution is 2.36. The Bertz CT molecular complexity index is 1390. The number of amides is 1. The minimum Gasteiger partial charge on any atom is -0.489 e. The second kappa shape index (κ2) is 9.75. The quantitative estimate of drug-likeness (QED) is 0.516. The number of halogens is 1. The van der Waals surface area contributed by atoms with Crippen LogP contribution in [0.15, 0.2) is 65.6 Å². The lowest BCUT2D eigenvalue weighted by molar-refractivity contribution is 0.0696. The Morgan fingerprint density at radius 3 is 2.49 bits per heavy atom. The van der Waals surface area contributed by atoms with Gasteiger partial charge in [0.1, 0.15) is 18.2 Å². The minimum absolute atomic E-state index is 0.0166. The van der Waals surface area contributed by atoms with Crippen LogP contribution < -0.4 is 14.4 Å². The normalized spacial score (nSPS) is 13.0. The largest absolute Gasteiger partial charge is 0.489 e. The van der Waals surface area contributed by atoms with Crippen molar-refractivity contribution in [1.82, 2.24) is 5.32 Å². The zero-order valence-electron chi connectivity index (χ0n) is 18.8. The number of sulfonamides is 1.